The second-order valence-electron chi connectivity index (χ2n) is 4.72. The molecule has 1 fully saturated rings. The van der Waals surface area contributed by atoms with Gasteiger partial charge in [-0.05, 0) is 36.0 Å². The van der Waals surface area contributed by atoms with Gasteiger partial charge in [0.2, 0.25) is 0 Å². The van der Waals surface area contributed by atoms with E-state index in [1.165, 1.54) is 23.1 Å². The zero-order chi connectivity index (χ0) is 15.8. The maximum Gasteiger partial charge on any atom is 0.264 e. The van der Waals surface area contributed by atoms with E-state index >= 15 is 0 Å². The highest BCUT2D eigenvalue weighted by Crippen LogP contribution is 2.30. The molecule has 0 bridgehead atoms. The minimum Gasteiger partial charge on any atom is -0.375 e. The highest BCUT2D eigenvalue weighted by Gasteiger charge is 2.24. The maximum absolute atomic E-state index is 12.0. The summed E-state index contributed by atoms with van der Waals surface area (Å²) < 4.78 is 0. The molecule has 4 N–H and O–H groups in total. The first-order valence-corrected chi connectivity index (χ1v) is 8.25. The van der Waals surface area contributed by atoms with Crippen molar-refractivity contribution in [2.24, 2.45) is 4.99 Å². The summed E-state index contributed by atoms with van der Waals surface area (Å²) in [5, 5.41) is 11.7. The Hall–Kier alpha value is -2.65. The van der Waals surface area contributed by atoms with Crippen LogP contribution in [0.15, 0.2) is 40.5 Å². The van der Waals surface area contributed by atoms with Crippen LogP contribution in [0.1, 0.15) is 4.88 Å². The van der Waals surface area contributed by atoms with Crippen molar-refractivity contribution < 1.29 is 4.79 Å². The number of nitrogens with one attached hydrogen (secondary N) is 2. The van der Waals surface area contributed by atoms with Gasteiger partial charge in [-0.25, -0.2) is 9.98 Å². The molecule has 0 radical (unpaired) electrons. The average molecular weight is 342 g/mol. The zero-order valence-electron chi connectivity index (χ0n) is 11.6. The number of nitrogen functional groups attached to an aromatic ring is 1. The monoisotopic (exact) mass is 342 g/mol. The van der Waals surface area contributed by atoms with E-state index in [1.54, 1.807) is 18.5 Å². The first kappa shape index (κ1) is 14.0. The first-order chi connectivity index (χ1) is 11.2. The minimum absolute atomic E-state index is 0.177. The van der Waals surface area contributed by atoms with Gasteiger partial charge in [0.15, 0.2) is 10.3 Å². The van der Waals surface area contributed by atoms with Crippen molar-refractivity contribution in [3.8, 4) is 0 Å². The number of amides is 1. The highest BCUT2D eigenvalue weighted by molar-refractivity contribution is 8.18. The molecule has 9 heteroatoms. The summed E-state index contributed by atoms with van der Waals surface area (Å²) in [7, 11) is 0. The third kappa shape index (κ3) is 2.83. The number of carbonyl (C=O) groups excluding carboxylic acids is 1. The number of nitrogens with zero attached hydrogens (tertiary/aromatic N) is 3. The molecule has 7 nitrogen and oxygen atoms in total. The number of amidine groups is 1. The largest absolute Gasteiger partial charge is 0.375 e. The topological polar surface area (TPSA) is 109 Å². The van der Waals surface area contributed by atoms with Crippen molar-refractivity contribution in [2.75, 3.05) is 5.73 Å². The number of aromatic nitrogens is 3. The standard InChI is InChI=1S/C14H10N6OS2/c15-13-16-6-9(22-13)4-11-12(21)19-14(23-11)18-8-2-1-7-5-17-20-10(7)3-8/h1-6H,(H2,15,16)(H,17,20)(H,18,19,21). The van der Waals surface area contributed by atoms with E-state index in [1.807, 2.05) is 18.2 Å². The molecule has 2 aromatic heterocycles. The van der Waals surface area contributed by atoms with Gasteiger partial charge in [-0.1, -0.05) is 11.3 Å². The quantitative estimate of drug-likeness (QED) is 0.620. The Morgan fingerprint density at radius 3 is 3.04 bits per heavy atom. The highest BCUT2D eigenvalue weighted by atomic mass is 32.2. The maximum atomic E-state index is 12.0. The van der Waals surface area contributed by atoms with Crippen molar-refractivity contribution in [2.45, 2.75) is 0 Å². The number of nitrogens with two attached hydrogens (primary N) is 1. The predicted molar refractivity (Wildman–Crippen MR) is 93.4 cm³/mol. The van der Waals surface area contributed by atoms with Crippen molar-refractivity contribution in [1.29, 1.82) is 0 Å². The molecule has 0 spiro atoms. The van der Waals surface area contributed by atoms with Crippen LogP contribution in [0.4, 0.5) is 10.8 Å². The number of fused-ring (bicyclic) bond motifs is 1. The van der Waals surface area contributed by atoms with Gasteiger partial charge in [-0.15, -0.1) is 0 Å². The SMILES string of the molecule is Nc1ncc(C=C2SC(=Nc3ccc4cn[nH]c4c3)NC2=O)s1. The zero-order valence-corrected chi connectivity index (χ0v) is 13.2. The predicted octanol–water partition coefficient (Wildman–Crippen LogP) is 2.49. The molecule has 1 aromatic carbocycles. The van der Waals surface area contributed by atoms with Crippen LogP contribution in [0.2, 0.25) is 0 Å². The number of anilines is 1. The van der Waals surface area contributed by atoms with Gasteiger partial charge < -0.3 is 11.1 Å². The third-order valence-corrected chi connectivity index (χ3v) is 4.81. The second kappa shape index (κ2) is 5.52. The summed E-state index contributed by atoms with van der Waals surface area (Å²) in [5.41, 5.74) is 7.24. The van der Waals surface area contributed by atoms with E-state index in [9.17, 15) is 4.79 Å². The third-order valence-electron chi connectivity index (χ3n) is 3.12. The van der Waals surface area contributed by atoms with Crippen LogP contribution in [0, 0.1) is 0 Å². The lowest BCUT2D eigenvalue weighted by Crippen LogP contribution is -2.19. The molecule has 4 rings (SSSR count). The van der Waals surface area contributed by atoms with Crippen molar-refractivity contribution in [1.82, 2.24) is 20.5 Å². The molecule has 0 atom stereocenters. The van der Waals surface area contributed by atoms with E-state index in [-0.39, 0.29) is 5.91 Å². The summed E-state index contributed by atoms with van der Waals surface area (Å²) in [6.07, 6.45) is 5.15. The molecule has 114 valence electrons. The Labute approximate surface area is 138 Å². The van der Waals surface area contributed by atoms with E-state index < -0.39 is 0 Å². The van der Waals surface area contributed by atoms with E-state index in [4.69, 9.17) is 5.73 Å². The second-order valence-corrected chi connectivity index (χ2v) is 6.85. The summed E-state index contributed by atoms with van der Waals surface area (Å²) >= 11 is 2.62. The first-order valence-electron chi connectivity index (χ1n) is 6.61. The lowest BCUT2D eigenvalue weighted by molar-refractivity contribution is -0.115. The molecule has 1 saturated heterocycles. The Morgan fingerprint density at radius 2 is 2.22 bits per heavy atom. The van der Waals surface area contributed by atoms with Gasteiger partial charge in [0.1, 0.15) is 0 Å². The van der Waals surface area contributed by atoms with Crippen LogP contribution in [0.5, 0.6) is 0 Å². The lowest BCUT2D eigenvalue weighted by atomic mass is 10.2. The van der Waals surface area contributed by atoms with Crippen LogP contribution in [0.3, 0.4) is 0 Å². The van der Waals surface area contributed by atoms with Crippen molar-refractivity contribution in [3.63, 3.8) is 0 Å². The number of rotatable bonds is 2. The summed E-state index contributed by atoms with van der Waals surface area (Å²) in [6.45, 7) is 0. The van der Waals surface area contributed by atoms with Crippen LogP contribution >= 0.6 is 23.1 Å². The smallest absolute Gasteiger partial charge is 0.264 e. The van der Waals surface area contributed by atoms with Gasteiger partial charge in [0.05, 0.1) is 27.2 Å². The molecule has 23 heavy (non-hydrogen) atoms. The molecule has 3 heterocycles. The molecule has 0 aliphatic carbocycles. The minimum atomic E-state index is -0.177. The normalized spacial score (nSPS) is 18.2. The molecule has 1 aliphatic rings. The molecular formula is C14H10N6OS2. The van der Waals surface area contributed by atoms with E-state index in [0.29, 0.717) is 15.2 Å². The number of aromatic amines is 1. The molecule has 1 aliphatic heterocycles. The van der Waals surface area contributed by atoms with Crippen molar-refractivity contribution in [3.05, 3.63) is 40.4 Å². The Balaban J connectivity index is 1.60. The van der Waals surface area contributed by atoms with Crippen LogP contribution in [-0.2, 0) is 4.79 Å². The number of hydrogen-bond acceptors (Lipinski definition) is 7. The Morgan fingerprint density at radius 1 is 1.30 bits per heavy atom. The van der Waals surface area contributed by atoms with Crippen LogP contribution in [0.25, 0.3) is 17.0 Å². The van der Waals surface area contributed by atoms with Crippen LogP contribution in [-0.4, -0.2) is 26.3 Å². The number of aliphatic imine (C=N–C) groups is 1. The molecule has 3 aromatic rings. The van der Waals surface area contributed by atoms with E-state index in [2.05, 4.69) is 25.5 Å². The molecule has 0 unspecified atom stereocenters. The number of carbonyl (C=O) groups is 1. The number of thioether (sulfide) groups is 1. The fourth-order valence-corrected chi connectivity index (χ4v) is 3.63. The summed E-state index contributed by atoms with van der Waals surface area (Å²) in [4.78, 5) is 21.8. The summed E-state index contributed by atoms with van der Waals surface area (Å²) in [6, 6.07) is 5.69. The molecular weight excluding hydrogens is 332 g/mol. The number of benzene rings is 1. The summed E-state index contributed by atoms with van der Waals surface area (Å²) in [5.74, 6) is -0.177. The Kier molecular flexibility index (Phi) is 3.36. The fraction of sp³-hybridized carbons (Fsp3) is 0. The van der Waals surface area contributed by atoms with Gasteiger partial charge in [0.25, 0.3) is 5.91 Å². The number of thiazole rings is 1. The number of hydrogen-bond donors (Lipinski definition) is 3. The molecule has 1 amide bonds. The van der Waals surface area contributed by atoms with Gasteiger partial charge in [-0.2, -0.15) is 5.10 Å². The van der Waals surface area contributed by atoms with Gasteiger partial charge >= 0.3 is 0 Å². The Bertz CT molecular complexity index is 970. The van der Waals surface area contributed by atoms with Crippen molar-refractivity contribution >= 4 is 62.0 Å². The molecule has 0 saturated carbocycles. The lowest BCUT2D eigenvalue weighted by Gasteiger charge is -1.96. The average Bonchev–Trinajstić information content (AvgIpc) is 3.21. The fourth-order valence-electron chi connectivity index (χ4n) is 2.09. The number of H-pyrrole nitrogens is 1. The van der Waals surface area contributed by atoms with Crippen LogP contribution < -0.4 is 11.1 Å². The van der Waals surface area contributed by atoms with Gasteiger partial charge in [0, 0.05) is 11.6 Å². The van der Waals surface area contributed by atoms with Gasteiger partial charge in [-0.3, -0.25) is 9.89 Å². The van der Waals surface area contributed by atoms with E-state index in [0.717, 1.165) is 21.5 Å².